The summed E-state index contributed by atoms with van der Waals surface area (Å²) in [4.78, 5) is 16.4. The van der Waals surface area contributed by atoms with E-state index >= 15 is 0 Å². The number of guanidine groups is 1. The zero-order chi connectivity index (χ0) is 13.4. The first-order valence-electron chi connectivity index (χ1n) is 5.15. The second kappa shape index (κ2) is 4.32. The van der Waals surface area contributed by atoms with Crippen molar-refractivity contribution >= 4 is 11.9 Å². The van der Waals surface area contributed by atoms with Crippen molar-refractivity contribution in [2.24, 2.45) is 10.7 Å². The van der Waals surface area contributed by atoms with Crippen LogP contribution in [0.15, 0.2) is 17.1 Å². The van der Waals surface area contributed by atoms with Gasteiger partial charge in [0.25, 0.3) is 0 Å². The highest BCUT2D eigenvalue weighted by atomic mass is 19.2. The van der Waals surface area contributed by atoms with E-state index < -0.39 is 35.0 Å². The number of rotatable bonds is 1. The molecule has 0 aliphatic carbocycles. The lowest BCUT2D eigenvalue weighted by atomic mass is 10.0. The number of carbonyl (C=O) groups is 1. The maximum atomic E-state index is 13.5. The van der Waals surface area contributed by atoms with Crippen molar-refractivity contribution in [3.05, 3.63) is 35.1 Å². The minimum Gasteiger partial charge on any atom is -0.369 e. The van der Waals surface area contributed by atoms with Crippen molar-refractivity contribution < 1.29 is 18.0 Å². The van der Waals surface area contributed by atoms with E-state index in [1.54, 1.807) is 0 Å². The smallest absolute Gasteiger partial charge is 0.231 e. The molecule has 1 aliphatic heterocycles. The molecule has 0 unspecified atom stereocenters. The molecular formula is C11H10F3N3O. The van der Waals surface area contributed by atoms with E-state index in [9.17, 15) is 18.0 Å². The first-order chi connectivity index (χ1) is 8.41. The quantitative estimate of drug-likeness (QED) is 0.771. The minimum atomic E-state index is -1.34. The molecule has 96 valence electrons. The van der Waals surface area contributed by atoms with Gasteiger partial charge in [0, 0.05) is 7.05 Å². The Bertz CT molecular complexity index is 545. The number of amides is 1. The molecule has 2 N–H and O–H groups in total. The van der Waals surface area contributed by atoms with Gasteiger partial charge in [-0.25, -0.2) is 18.2 Å². The maximum Gasteiger partial charge on any atom is 0.231 e. The summed E-state index contributed by atoms with van der Waals surface area (Å²) >= 11 is 0. The van der Waals surface area contributed by atoms with Crippen molar-refractivity contribution in [3.8, 4) is 0 Å². The van der Waals surface area contributed by atoms with E-state index in [-0.39, 0.29) is 12.4 Å². The number of aliphatic imine (C=N–C) groups is 1. The van der Waals surface area contributed by atoms with Crippen LogP contribution < -0.4 is 5.73 Å². The van der Waals surface area contributed by atoms with E-state index in [0.29, 0.717) is 6.07 Å². The van der Waals surface area contributed by atoms with Crippen LogP contribution in [-0.2, 0) is 4.79 Å². The second-order valence-electron chi connectivity index (χ2n) is 3.92. The Kier molecular flexibility index (Phi) is 2.98. The summed E-state index contributed by atoms with van der Waals surface area (Å²) in [5.74, 6) is -4.07. The molecule has 0 aromatic heterocycles. The van der Waals surface area contributed by atoms with Crippen LogP contribution in [0, 0.1) is 17.5 Å². The first-order valence-corrected chi connectivity index (χ1v) is 5.15. The highest BCUT2D eigenvalue weighted by Crippen LogP contribution is 2.30. The van der Waals surface area contributed by atoms with Crippen LogP contribution in [0.1, 0.15) is 18.0 Å². The van der Waals surface area contributed by atoms with Gasteiger partial charge < -0.3 is 5.73 Å². The van der Waals surface area contributed by atoms with Crippen LogP contribution in [0.5, 0.6) is 0 Å². The van der Waals surface area contributed by atoms with Gasteiger partial charge >= 0.3 is 0 Å². The number of nitrogens with two attached hydrogens (primary N) is 1. The third-order valence-electron chi connectivity index (χ3n) is 2.79. The molecule has 1 aromatic carbocycles. The van der Waals surface area contributed by atoms with Crippen LogP contribution >= 0.6 is 0 Å². The van der Waals surface area contributed by atoms with Crippen molar-refractivity contribution in [3.63, 3.8) is 0 Å². The highest BCUT2D eigenvalue weighted by Gasteiger charge is 2.30. The van der Waals surface area contributed by atoms with Gasteiger partial charge in [0.15, 0.2) is 17.6 Å². The van der Waals surface area contributed by atoms with Crippen molar-refractivity contribution in [2.45, 2.75) is 12.5 Å². The summed E-state index contributed by atoms with van der Waals surface area (Å²) in [7, 11) is 1.40. The molecule has 1 heterocycles. The molecule has 2 rings (SSSR count). The molecule has 0 radical (unpaired) electrons. The molecular weight excluding hydrogens is 247 g/mol. The van der Waals surface area contributed by atoms with Gasteiger partial charge in [0.05, 0.1) is 18.0 Å². The molecule has 4 nitrogen and oxygen atoms in total. The normalized spacial score (nSPS) is 20.0. The Balaban J connectivity index is 2.51. The molecule has 0 fully saturated rings. The van der Waals surface area contributed by atoms with Crippen LogP contribution in [0.25, 0.3) is 0 Å². The molecule has 1 amide bonds. The maximum absolute atomic E-state index is 13.5. The third kappa shape index (κ3) is 1.92. The molecule has 0 bridgehead atoms. The third-order valence-corrected chi connectivity index (χ3v) is 2.79. The van der Waals surface area contributed by atoms with Crippen molar-refractivity contribution in [1.82, 2.24) is 4.90 Å². The fourth-order valence-electron chi connectivity index (χ4n) is 1.74. The molecule has 1 aromatic rings. The Labute approximate surface area is 101 Å². The molecule has 0 saturated carbocycles. The summed E-state index contributed by atoms with van der Waals surface area (Å²) in [6.45, 7) is 0. The van der Waals surface area contributed by atoms with E-state index in [4.69, 9.17) is 5.73 Å². The molecule has 0 saturated heterocycles. The number of hydrogen-bond acceptors (Lipinski definition) is 3. The van der Waals surface area contributed by atoms with Gasteiger partial charge in [-0.2, -0.15) is 0 Å². The average molecular weight is 257 g/mol. The van der Waals surface area contributed by atoms with Gasteiger partial charge in [-0.15, -0.1) is 0 Å². The predicted molar refractivity (Wildman–Crippen MR) is 58.1 cm³/mol. The number of hydrogen-bond donors (Lipinski definition) is 1. The summed E-state index contributed by atoms with van der Waals surface area (Å²) in [6.07, 6.45) is -0.255. The van der Waals surface area contributed by atoms with E-state index in [1.165, 1.54) is 7.05 Å². The van der Waals surface area contributed by atoms with E-state index in [0.717, 1.165) is 11.0 Å². The van der Waals surface area contributed by atoms with E-state index in [2.05, 4.69) is 4.99 Å². The number of benzene rings is 1. The lowest BCUT2D eigenvalue weighted by Crippen LogP contribution is -2.43. The van der Waals surface area contributed by atoms with Crippen LogP contribution in [0.2, 0.25) is 0 Å². The monoisotopic (exact) mass is 257 g/mol. The number of halogens is 3. The van der Waals surface area contributed by atoms with Gasteiger partial charge in [-0.3, -0.25) is 9.69 Å². The van der Waals surface area contributed by atoms with Crippen LogP contribution in [0.3, 0.4) is 0 Å². The molecule has 0 spiro atoms. The fourth-order valence-corrected chi connectivity index (χ4v) is 1.74. The number of nitrogens with zero attached hydrogens (tertiary/aromatic N) is 2. The topological polar surface area (TPSA) is 58.7 Å². The Morgan fingerprint density at radius 2 is 1.94 bits per heavy atom. The predicted octanol–water partition coefficient (Wildman–Crippen LogP) is 1.32. The first kappa shape index (κ1) is 12.4. The van der Waals surface area contributed by atoms with Crippen molar-refractivity contribution in [1.29, 1.82) is 0 Å². The number of carbonyl (C=O) groups excluding carboxylic acids is 1. The molecule has 7 heteroatoms. The Hall–Kier alpha value is -2.05. The van der Waals surface area contributed by atoms with Gasteiger partial charge in [-0.05, 0) is 12.1 Å². The van der Waals surface area contributed by atoms with Crippen LogP contribution in [-0.4, -0.2) is 23.8 Å². The lowest BCUT2D eigenvalue weighted by molar-refractivity contribution is -0.127. The minimum absolute atomic E-state index is 0.153. The highest BCUT2D eigenvalue weighted by molar-refractivity contribution is 5.98. The fraction of sp³-hybridized carbons (Fsp3) is 0.273. The lowest BCUT2D eigenvalue weighted by Gasteiger charge is -2.26. The molecule has 1 atom stereocenters. The van der Waals surface area contributed by atoms with Gasteiger partial charge in [0.2, 0.25) is 5.91 Å². The summed E-state index contributed by atoms with van der Waals surface area (Å²) < 4.78 is 40.1. The van der Waals surface area contributed by atoms with E-state index in [1.807, 2.05) is 0 Å². The Morgan fingerprint density at radius 1 is 1.33 bits per heavy atom. The standard InChI is InChI=1S/C11H10F3N3O/c1-17-8(18)4-7(16-11(17)15)9-5(12)2-3-6(13)10(9)14/h2-3,7H,4H2,1H3,(H2,15,16)/t7-/m1/s1. The Morgan fingerprint density at radius 3 is 2.56 bits per heavy atom. The molecule has 18 heavy (non-hydrogen) atoms. The zero-order valence-corrected chi connectivity index (χ0v) is 9.45. The largest absolute Gasteiger partial charge is 0.369 e. The van der Waals surface area contributed by atoms with Crippen molar-refractivity contribution in [2.75, 3.05) is 7.05 Å². The summed E-state index contributed by atoms with van der Waals surface area (Å²) in [5, 5.41) is 0. The van der Waals surface area contributed by atoms with Crippen LogP contribution in [0.4, 0.5) is 13.2 Å². The van der Waals surface area contributed by atoms with Gasteiger partial charge in [0.1, 0.15) is 5.82 Å². The second-order valence-corrected chi connectivity index (χ2v) is 3.92. The molecule has 1 aliphatic rings. The zero-order valence-electron chi connectivity index (χ0n) is 9.45. The average Bonchev–Trinajstić information content (AvgIpc) is 2.31. The SMILES string of the molecule is CN1C(=O)C[C@H](c2c(F)ccc(F)c2F)N=C1N. The summed E-state index contributed by atoms with van der Waals surface area (Å²) in [5.41, 5.74) is 4.88. The van der Waals surface area contributed by atoms with Gasteiger partial charge in [-0.1, -0.05) is 0 Å². The summed E-state index contributed by atoms with van der Waals surface area (Å²) in [6, 6.07) is 0.338.